The Morgan fingerprint density at radius 3 is 2.24 bits per heavy atom. The summed E-state index contributed by atoms with van der Waals surface area (Å²) in [5, 5.41) is 0. The van der Waals surface area contributed by atoms with Gasteiger partial charge in [0.15, 0.2) is 0 Å². The molecule has 0 spiro atoms. The van der Waals surface area contributed by atoms with E-state index in [-0.39, 0.29) is 5.91 Å². The SMILES string of the molecule is O=C(CCc1ccc(S(=O)(=O)N2CCOCC2)cc1)N1CCN(CC=Cc2ccccc2)CC1. The highest BCUT2D eigenvalue weighted by atomic mass is 32.2. The van der Waals surface area contributed by atoms with Gasteiger partial charge in [0.05, 0.1) is 18.1 Å². The van der Waals surface area contributed by atoms with Crippen LogP contribution in [0.4, 0.5) is 0 Å². The van der Waals surface area contributed by atoms with Crippen LogP contribution in [0.3, 0.4) is 0 Å². The predicted octanol–water partition coefficient (Wildman–Crippen LogP) is 2.50. The molecule has 2 fully saturated rings. The molecular weight excluding hydrogens is 450 g/mol. The van der Waals surface area contributed by atoms with E-state index in [1.807, 2.05) is 35.2 Å². The number of piperazine rings is 1. The van der Waals surface area contributed by atoms with E-state index in [4.69, 9.17) is 4.74 Å². The van der Waals surface area contributed by atoms with Gasteiger partial charge in [0.25, 0.3) is 0 Å². The Balaban J connectivity index is 1.20. The highest BCUT2D eigenvalue weighted by Gasteiger charge is 2.26. The molecule has 7 nitrogen and oxygen atoms in total. The van der Waals surface area contributed by atoms with Crippen LogP contribution in [0.25, 0.3) is 6.08 Å². The zero-order chi connectivity index (χ0) is 23.8. The number of carbonyl (C=O) groups is 1. The minimum absolute atomic E-state index is 0.157. The van der Waals surface area contributed by atoms with E-state index in [0.717, 1.165) is 38.3 Å². The molecule has 0 radical (unpaired) electrons. The van der Waals surface area contributed by atoms with Crippen LogP contribution in [-0.4, -0.2) is 87.5 Å². The maximum Gasteiger partial charge on any atom is 0.243 e. The van der Waals surface area contributed by atoms with Crippen molar-refractivity contribution in [1.82, 2.24) is 14.1 Å². The molecule has 2 aromatic carbocycles. The van der Waals surface area contributed by atoms with Crippen LogP contribution in [0, 0.1) is 0 Å². The van der Waals surface area contributed by atoms with Crippen molar-refractivity contribution < 1.29 is 17.9 Å². The molecule has 4 rings (SSSR count). The van der Waals surface area contributed by atoms with Gasteiger partial charge in [0.1, 0.15) is 0 Å². The lowest BCUT2D eigenvalue weighted by atomic mass is 10.1. The molecule has 2 aliphatic rings. The van der Waals surface area contributed by atoms with E-state index >= 15 is 0 Å². The van der Waals surface area contributed by atoms with E-state index < -0.39 is 10.0 Å². The lowest BCUT2D eigenvalue weighted by molar-refractivity contribution is -0.132. The Bertz CT molecular complexity index is 1060. The highest BCUT2D eigenvalue weighted by molar-refractivity contribution is 7.89. The molecule has 2 saturated heterocycles. The first-order valence-electron chi connectivity index (χ1n) is 11.9. The van der Waals surface area contributed by atoms with Gasteiger partial charge in [-0.05, 0) is 29.7 Å². The first-order chi connectivity index (χ1) is 16.5. The van der Waals surface area contributed by atoms with Gasteiger partial charge in [-0.25, -0.2) is 8.42 Å². The molecule has 0 atom stereocenters. The highest BCUT2D eigenvalue weighted by Crippen LogP contribution is 2.18. The summed E-state index contributed by atoms with van der Waals surface area (Å²) in [6.45, 7) is 5.75. The van der Waals surface area contributed by atoms with E-state index in [1.165, 1.54) is 9.87 Å². The predicted molar refractivity (Wildman–Crippen MR) is 133 cm³/mol. The molecule has 8 heteroatoms. The second kappa shape index (κ2) is 11.8. The Kier molecular flexibility index (Phi) is 8.50. The number of amides is 1. The summed E-state index contributed by atoms with van der Waals surface area (Å²) in [6, 6.07) is 17.2. The number of ether oxygens (including phenoxy) is 1. The Labute approximate surface area is 202 Å². The van der Waals surface area contributed by atoms with E-state index in [2.05, 4.69) is 29.2 Å². The summed E-state index contributed by atoms with van der Waals surface area (Å²) in [4.78, 5) is 17.3. The third-order valence-electron chi connectivity index (χ3n) is 6.36. The van der Waals surface area contributed by atoms with Crippen LogP contribution in [0.5, 0.6) is 0 Å². The fourth-order valence-electron chi connectivity index (χ4n) is 4.26. The molecule has 0 aromatic heterocycles. The number of carbonyl (C=O) groups excluding carboxylic acids is 1. The minimum Gasteiger partial charge on any atom is -0.379 e. The number of aryl methyl sites for hydroxylation is 1. The summed E-state index contributed by atoms with van der Waals surface area (Å²) in [6.07, 6.45) is 5.35. The summed E-state index contributed by atoms with van der Waals surface area (Å²) >= 11 is 0. The fourth-order valence-corrected chi connectivity index (χ4v) is 5.66. The molecule has 2 heterocycles. The summed E-state index contributed by atoms with van der Waals surface area (Å²) < 4.78 is 32.2. The molecule has 0 bridgehead atoms. The number of hydrogen-bond donors (Lipinski definition) is 0. The second-order valence-corrected chi connectivity index (χ2v) is 10.6. The molecule has 34 heavy (non-hydrogen) atoms. The van der Waals surface area contributed by atoms with Gasteiger partial charge in [-0.1, -0.05) is 54.6 Å². The van der Waals surface area contributed by atoms with E-state index in [9.17, 15) is 13.2 Å². The molecule has 0 unspecified atom stereocenters. The molecule has 182 valence electrons. The monoisotopic (exact) mass is 483 g/mol. The number of sulfonamides is 1. The van der Waals surface area contributed by atoms with Crippen LogP contribution < -0.4 is 0 Å². The quantitative estimate of drug-likeness (QED) is 0.577. The Morgan fingerprint density at radius 1 is 0.882 bits per heavy atom. The van der Waals surface area contributed by atoms with E-state index in [0.29, 0.717) is 44.0 Å². The largest absolute Gasteiger partial charge is 0.379 e. The normalized spacial score (nSPS) is 18.4. The molecule has 2 aliphatic heterocycles. The van der Waals surface area contributed by atoms with Crippen molar-refractivity contribution in [2.45, 2.75) is 17.7 Å². The van der Waals surface area contributed by atoms with Crippen LogP contribution in [-0.2, 0) is 26.0 Å². The molecule has 0 saturated carbocycles. The summed E-state index contributed by atoms with van der Waals surface area (Å²) in [5.74, 6) is 0.157. The second-order valence-electron chi connectivity index (χ2n) is 8.65. The Morgan fingerprint density at radius 2 is 1.56 bits per heavy atom. The van der Waals surface area contributed by atoms with Crippen LogP contribution >= 0.6 is 0 Å². The van der Waals surface area contributed by atoms with Gasteiger partial charge in [0.2, 0.25) is 15.9 Å². The third-order valence-corrected chi connectivity index (χ3v) is 8.27. The van der Waals surface area contributed by atoms with Crippen molar-refractivity contribution in [2.75, 3.05) is 59.0 Å². The first kappa shape index (κ1) is 24.6. The number of benzene rings is 2. The van der Waals surface area contributed by atoms with Crippen molar-refractivity contribution in [2.24, 2.45) is 0 Å². The average molecular weight is 484 g/mol. The maximum atomic E-state index is 12.7. The number of rotatable bonds is 8. The summed E-state index contributed by atoms with van der Waals surface area (Å²) in [5.41, 5.74) is 2.17. The lowest BCUT2D eigenvalue weighted by Crippen LogP contribution is -2.48. The average Bonchev–Trinajstić information content (AvgIpc) is 2.89. The maximum absolute atomic E-state index is 12.7. The van der Waals surface area contributed by atoms with Gasteiger partial charge in [0, 0.05) is 52.2 Å². The van der Waals surface area contributed by atoms with E-state index in [1.54, 1.807) is 12.1 Å². The van der Waals surface area contributed by atoms with Crippen molar-refractivity contribution in [3.8, 4) is 0 Å². The number of hydrogen-bond acceptors (Lipinski definition) is 5. The zero-order valence-corrected chi connectivity index (χ0v) is 20.3. The van der Waals surface area contributed by atoms with Gasteiger partial charge in [-0.2, -0.15) is 4.31 Å². The standard InChI is InChI=1S/C26H33N3O4S/c30-26(28-17-15-27(16-18-28)14-4-7-23-5-2-1-3-6-23)13-10-24-8-11-25(12-9-24)34(31,32)29-19-21-33-22-20-29/h1-9,11-12H,10,13-22H2. The van der Waals surface area contributed by atoms with Crippen molar-refractivity contribution in [3.63, 3.8) is 0 Å². The molecular formula is C26H33N3O4S. The van der Waals surface area contributed by atoms with Crippen LogP contribution in [0.2, 0.25) is 0 Å². The van der Waals surface area contributed by atoms with Crippen molar-refractivity contribution in [3.05, 3.63) is 71.8 Å². The van der Waals surface area contributed by atoms with Gasteiger partial charge in [-0.3, -0.25) is 9.69 Å². The molecule has 2 aromatic rings. The topological polar surface area (TPSA) is 70.2 Å². The van der Waals surface area contributed by atoms with Gasteiger partial charge < -0.3 is 9.64 Å². The zero-order valence-electron chi connectivity index (χ0n) is 19.5. The molecule has 0 aliphatic carbocycles. The number of morpholine rings is 1. The number of nitrogens with zero attached hydrogens (tertiary/aromatic N) is 3. The van der Waals surface area contributed by atoms with Gasteiger partial charge >= 0.3 is 0 Å². The Hall–Kier alpha value is -2.52. The van der Waals surface area contributed by atoms with Crippen LogP contribution in [0.1, 0.15) is 17.5 Å². The van der Waals surface area contributed by atoms with Crippen molar-refractivity contribution >= 4 is 22.0 Å². The smallest absolute Gasteiger partial charge is 0.243 e. The summed E-state index contributed by atoms with van der Waals surface area (Å²) in [7, 11) is -3.49. The lowest BCUT2D eigenvalue weighted by Gasteiger charge is -2.34. The third kappa shape index (κ3) is 6.54. The molecule has 0 N–H and O–H groups in total. The van der Waals surface area contributed by atoms with Crippen molar-refractivity contribution in [1.29, 1.82) is 0 Å². The minimum atomic E-state index is -3.49. The first-order valence-corrected chi connectivity index (χ1v) is 13.3. The van der Waals surface area contributed by atoms with Gasteiger partial charge in [-0.15, -0.1) is 0 Å². The van der Waals surface area contributed by atoms with Crippen LogP contribution in [0.15, 0.2) is 65.6 Å². The molecule has 1 amide bonds. The fraction of sp³-hybridized carbons (Fsp3) is 0.423.